The van der Waals surface area contributed by atoms with Crippen LogP contribution in [-0.4, -0.2) is 9.85 Å². The number of hydrogen-bond acceptors (Lipinski definition) is 4. The normalized spacial score (nSPS) is 9.86. The Labute approximate surface area is 83.4 Å². The molecule has 6 nitrogen and oxygen atoms in total. The smallest absolute Gasteiger partial charge is 0.258 e. The summed E-state index contributed by atoms with van der Waals surface area (Å²) in [5.74, 6) is 0. The van der Waals surface area contributed by atoms with Crippen LogP contribution in [0.2, 0.25) is 5.02 Å². The zero-order valence-electron chi connectivity index (χ0n) is 7.06. The molecule has 0 bridgehead atoms. The van der Waals surface area contributed by atoms with Gasteiger partial charge in [-0.05, 0) is 13.0 Å². The van der Waals surface area contributed by atoms with Gasteiger partial charge in [0.2, 0.25) is 0 Å². The second kappa shape index (κ2) is 3.59. The van der Waals surface area contributed by atoms with Crippen LogP contribution in [0.25, 0.3) is 0 Å². The predicted molar refractivity (Wildman–Crippen MR) is 49.5 cm³/mol. The third kappa shape index (κ3) is 1.64. The van der Waals surface area contributed by atoms with Gasteiger partial charge in [-0.15, -0.1) is 0 Å². The van der Waals surface area contributed by atoms with Crippen molar-refractivity contribution in [2.75, 3.05) is 0 Å². The van der Waals surface area contributed by atoms with E-state index in [-0.39, 0.29) is 10.6 Å². The molecule has 0 atom stereocenters. The van der Waals surface area contributed by atoms with Gasteiger partial charge >= 0.3 is 11.4 Å². The van der Waals surface area contributed by atoms with E-state index in [1.54, 1.807) is 0 Å². The molecule has 7 heteroatoms. The molecule has 1 rings (SSSR count). The van der Waals surface area contributed by atoms with Gasteiger partial charge in [-0.25, -0.2) is 0 Å². The van der Waals surface area contributed by atoms with Crippen LogP contribution in [0, 0.1) is 27.2 Å². The van der Waals surface area contributed by atoms with Gasteiger partial charge in [0.15, 0.2) is 0 Å². The number of nitro groups is 2. The third-order valence-corrected chi connectivity index (χ3v) is 2.13. The summed E-state index contributed by atoms with van der Waals surface area (Å²) >= 11 is 5.61. The summed E-state index contributed by atoms with van der Waals surface area (Å²) in [6.45, 7) is 1.37. The SMILES string of the molecule is Cc1c(Cl)ccc([N+](=O)[O-])c1[N+](=O)[O-]. The molecule has 0 spiro atoms. The fraction of sp³-hybridized carbons (Fsp3) is 0.143. The lowest BCUT2D eigenvalue weighted by atomic mass is 10.2. The molecule has 0 aliphatic carbocycles. The van der Waals surface area contributed by atoms with Crippen LogP contribution in [0.4, 0.5) is 11.4 Å². The summed E-state index contributed by atoms with van der Waals surface area (Å²) < 4.78 is 0. The fourth-order valence-electron chi connectivity index (χ4n) is 1.04. The summed E-state index contributed by atoms with van der Waals surface area (Å²) in [6, 6.07) is 2.29. The molecule has 0 N–H and O–H groups in total. The van der Waals surface area contributed by atoms with E-state index in [2.05, 4.69) is 0 Å². The number of nitrogens with zero attached hydrogens (tertiary/aromatic N) is 2. The first-order valence-electron chi connectivity index (χ1n) is 3.53. The highest BCUT2D eigenvalue weighted by atomic mass is 35.5. The van der Waals surface area contributed by atoms with Crippen LogP contribution in [0.1, 0.15) is 5.56 Å². The monoisotopic (exact) mass is 216 g/mol. The number of nitro benzene ring substituents is 2. The molecule has 0 aromatic heterocycles. The van der Waals surface area contributed by atoms with E-state index < -0.39 is 21.2 Å². The number of rotatable bonds is 2. The van der Waals surface area contributed by atoms with E-state index in [1.165, 1.54) is 13.0 Å². The van der Waals surface area contributed by atoms with Gasteiger partial charge in [0.05, 0.1) is 20.4 Å². The van der Waals surface area contributed by atoms with Crippen LogP contribution in [0.5, 0.6) is 0 Å². The zero-order valence-corrected chi connectivity index (χ0v) is 7.82. The largest absolute Gasteiger partial charge is 0.350 e. The van der Waals surface area contributed by atoms with E-state index in [0.717, 1.165) is 6.07 Å². The van der Waals surface area contributed by atoms with Gasteiger partial charge in [0.1, 0.15) is 0 Å². The van der Waals surface area contributed by atoms with Gasteiger partial charge < -0.3 is 0 Å². The van der Waals surface area contributed by atoms with E-state index in [0.29, 0.717) is 0 Å². The Kier molecular flexibility index (Phi) is 2.66. The molecule has 1 aromatic carbocycles. The highest BCUT2D eigenvalue weighted by Gasteiger charge is 2.27. The molecule has 0 unspecified atom stereocenters. The summed E-state index contributed by atoms with van der Waals surface area (Å²) in [5, 5.41) is 21.1. The van der Waals surface area contributed by atoms with Crippen LogP contribution in [0.3, 0.4) is 0 Å². The van der Waals surface area contributed by atoms with Crippen molar-refractivity contribution < 1.29 is 9.85 Å². The number of hydrogen-bond donors (Lipinski definition) is 0. The Morgan fingerprint density at radius 1 is 1.21 bits per heavy atom. The maximum atomic E-state index is 10.5. The van der Waals surface area contributed by atoms with Crippen molar-refractivity contribution in [3.63, 3.8) is 0 Å². The average molecular weight is 217 g/mol. The topological polar surface area (TPSA) is 86.3 Å². The van der Waals surface area contributed by atoms with Crippen LogP contribution in [0.15, 0.2) is 12.1 Å². The Balaban J connectivity index is 3.53. The van der Waals surface area contributed by atoms with Crippen molar-refractivity contribution in [2.45, 2.75) is 6.92 Å². The molecule has 0 saturated heterocycles. The van der Waals surface area contributed by atoms with Crippen molar-refractivity contribution in [3.05, 3.63) is 42.9 Å². The van der Waals surface area contributed by atoms with Gasteiger partial charge in [0.25, 0.3) is 0 Å². The first-order chi connectivity index (χ1) is 6.45. The summed E-state index contributed by atoms with van der Waals surface area (Å²) in [6.07, 6.45) is 0. The second-order valence-corrected chi connectivity index (χ2v) is 2.96. The van der Waals surface area contributed by atoms with Crippen molar-refractivity contribution in [2.24, 2.45) is 0 Å². The van der Waals surface area contributed by atoms with Gasteiger partial charge in [-0.3, -0.25) is 20.2 Å². The average Bonchev–Trinajstić information content (AvgIpc) is 2.08. The Bertz CT molecular complexity index is 418. The molecule has 14 heavy (non-hydrogen) atoms. The summed E-state index contributed by atoms with van der Waals surface area (Å²) in [7, 11) is 0. The molecule has 0 amide bonds. The molecule has 0 fully saturated rings. The van der Waals surface area contributed by atoms with Crippen LogP contribution in [-0.2, 0) is 0 Å². The van der Waals surface area contributed by atoms with Crippen molar-refractivity contribution in [1.29, 1.82) is 0 Å². The molecule has 0 heterocycles. The Morgan fingerprint density at radius 2 is 1.79 bits per heavy atom. The maximum Gasteiger partial charge on any atom is 0.350 e. The first kappa shape index (κ1) is 10.4. The molecule has 0 aliphatic heterocycles. The van der Waals surface area contributed by atoms with Crippen molar-refractivity contribution >= 4 is 23.0 Å². The minimum atomic E-state index is -0.806. The summed E-state index contributed by atoms with van der Waals surface area (Å²) in [5.41, 5.74) is -0.995. The third-order valence-electron chi connectivity index (χ3n) is 1.72. The van der Waals surface area contributed by atoms with Gasteiger partial charge in [-0.1, -0.05) is 11.6 Å². The molecular weight excluding hydrogens is 212 g/mol. The molecule has 0 aliphatic rings. The number of benzene rings is 1. The van der Waals surface area contributed by atoms with Crippen LogP contribution >= 0.6 is 11.6 Å². The van der Waals surface area contributed by atoms with E-state index in [9.17, 15) is 20.2 Å². The first-order valence-corrected chi connectivity index (χ1v) is 3.91. The molecule has 1 aromatic rings. The molecule has 0 radical (unpaired) electrons. The molecular formula is C7H5ClN2O4. The highest BCUT2D eigenvalue weighted by molar-refractivity contribution is 6.31. The zero-order chi connectivity index (χ0) is 10.9. The lowest BCUT2D eigenvalue weighted by molar-refractivity contribution is -0.422. The van der Waals surface area contributed by atoms with Crippen molar-refractivity contribution in [3.8, 4) is 0 Å². The van der Waals surface area contributed by atoms with Crippen molar-refractivity contribution in [1.82, 2.24) is 0 Å². The maximum absolute atomic E-state index is 10.5. The van der Waals surface area contributed by atoms with E-state index in [4.69, 9.17) is 11.6 Å². The summed E-state index contributed by atoms with van der Waals surface area (Å²) in [4.78, 5) is 19.4. The van der Waals surface area contributed by atoms with E-state index >= 15 is 0 Å². The second-order valence-electron chi connectivity index (χ2n) is 2.55. The quantitative estimate of drug-likeness (QED) is 0.561. The fourth-order valence-corrected chi connectivity index (χ4v) is 1.19. The van der Waals surface area contributed by atoms with Gasteiger partial charge in [0, 0.05) is 6.07 Å². The predicted octanol–water partition coefficient (Wildman–Crippen LogP) is 2.46. The van der Waals surface area contributed by atoms with E-state index in [1.807, 2.05) is 0 Å². The molecule has 74 valence electrons. The number of halogens is 1. The lowest BCUT2D eigenvalue weighted by Gasteiger charge is -1.99. The Morgan fingerprint density at radius 3 is 2.21 bits per heavy atom. The standard InChI is InChI=1S/C7H5ClN2O4/c1-4-5(8)2-3-6(9(11)12)7(4)10(13)14/h2-3H,1H3. The minimum absolute atomic E-state index is 0.103. The highest BCUT2D eigenvalue weighted by Crippen LogP contribution is 2.34. The molecule has 0 saturated carbocycles. The van der Waals surface area contributed by atoms with Gasteiger partial charge in [-0.2, -0.15) is 0 Å². The minimum Gasteiger partial charge on any atom is -0.258 e. The van der Waals surface area contributed by atoms with Crippen LogP contribution < -0.4 is 0 Å². The Hall–Kier alpha value is -1.69. The lowest BCUT2D eigenvalue weighted by Crippen LogP contribution is -1.99.